The molecule has 0 atom stereocenters. The first-order chi connectivity index (χ1) is 10.6. The molecule has 0 saturated carbocycles. The number of aromatic nitrogens is 1. The second-order valence-corrected chi connectivity index (χ2v) is 7.52. The molecule has 0 radical (unpaired) electrons. The van der Waals surface area contributed by atoms with Crippen molar-refractivity contribution < 1.29 is 4.79 Å². The summed E-state index contributed by atoms with van der Waals surface area (Å²) >= 11 is 3.16. The van der Waals surface area contributed by atoms with Crippen molar-refractivity contribution in [2.75, 3.05) is 0 Å². The molecule has 0 aromatic carbocycles. The number of thiophene rings is 1. The number of hydrazone groups is 1. The summed E-state index contributed by atoms with van der Waals surface area (Å²) in [6, 6.07) is 2.05. The fourth-order valence-electron chi connectivity index (χ4n) is 2.67. The van der Waals surface area contributed by atoms with Crippen LogP contribution in [0.3, 0.4) is 0 Å². The summed E-state index contributed by atoms with van der Waals surface area (Å²) < 4.78 is 0. The van der Waals surface area contributed by atoms with Crippen molar-refractivity contribution in [1.29, 1.82) is 0 Å². The standard InChI is InChI=1S/C16H19N3OS2/c1-10-15(21-9-17-10)11(2)18-19-16(20)14-8-12-6-4-3-5-7-13(12)22-14/h8-9H,3-7H2,1-2H3,(H,19,20)/b18-11+. The largest absolute Gasteiger partial charge is 0.281 e. The van der Waals surface area contributed by atoms with Gasteiger partial charge in [0.1, 0.15) is 0 Å². The number of carbonyl (C=O) groups excluding carboxylic acids is 1. The van der Waals surface area contributed by atoms with Crippen molar-refractivity contribution in [3.05, 3.63) is 37.5 Å². The van der Waals surface area contributed by atoms with Crippen LogP contribution >= 0.6 is 22.7 Å². The Bertz CT molecular complexity index is 691. The van der Waals surface area contributed by atoms with Gasteiger partial charge in [0, 0.05) is 4.88 Å². The molecule has 1 aliphatic rings. The molecule has 1 N–H and O–H groups in total. The smallest absolute Gasteiger partial charge is 0.266 e. The molecule has 1 amide bonds. The summed E-state index contributed by atoms with van der Waals surface area (Å²) in [6.07, 6.45) is 5.96. The highest BCUT2D eigenvalue weighted by molar-refractivity contribution is 7.14. The van der Waals surface area contributed by atoms with Gasteiger partial charge in [0.25, 0.3) is 5.91 Å². The number of nitrogens with one attached hydrogen (secondary N) is 1. The molecule has 2 aromatic rings. The van der Waals surface area contributed by atoms with Gasteiger partial charge >= 0.3 is 0 Å². The number of hydrogen-bond acceptors (Lipinski definition) is 5. The molecule has 116 valence electrons. The molecule has 0 spiro atoms. The summed E-state index contributed by atoms with van der Waals surface area (Å²) in [6.45, 7) is 3.84. The van der Waals surface area contributed by atoms with Crippen LogP contribution in [-0.2, 0) is 12.8 Å². The van der Waals surface area contributed by atoms with Crippen LogP contribution in [0.2, 0.25) is 0 Å². The number of nitrogens with zero attached hydrogens (tertiary/aromatic N) is 2. The van der Waals surface area contributed by atoms with Crippen molar-refractivity contribution >= 4 is 34.3 Å². The van der Waals surface area contributed by atoms with Crippen LogP contribution in [0.15, 0.2) is 16.7 Å². The lowest BCUT2D eigenvalue weighted by atomic mass is 10.1. The number of hydrogen-bond donors (Lipinski definition) is 1. The Kier molecular flexibility index (Phi) is 4.69. The third kappa shape index (κ3) is 3.28. The minimum atomic E-state index is -0.111. The van der Waals surface area contributed by atoms with Gasteiger partial charge in [-0.2, -0.15) is 5.10 Å². The van der Waals surface area contributed by atoms with Gasteiger partial charge < -0.3 is 0 Å². The quantitative estimate of drug-likeness (QED) is 0.525. The van der Waals surface area contributed by atoms with E-state index in [2.05, 4.69) is 15.5 Å². The highest BCUT2D eigenvalue weighted by atomic mass is 32.1. The van der Waals surface area contributed by atoms with Crippen LogP contribution in [0.5, 0.6) is 0 Å². The third-order valence-corrected chi connectivity index (χ3v) is 6.14. The molecule has 0 saturated heterocycles. The Morgan fingerprint density at radius 2 is 2.14 bits per heavy atom. The van der Waals surface area contributed by atoms with E-state index >= 15 is 0 Å². The Balaban J connectivity index is 1.71. The van der Waals surface area contributed by atoms with Crippen molar-refractivity contribution in [1.82, 2.24) is 10.4 Å². The van der Waals surface area contributed by atoms with Gasteiger partial charge in [0.05, 0.1) is 26.7 Å². The van der Waals surface area contributed by atoms with Crippen molar-refractivity contribution in [3.8, 4) is 0 Å². The second kappa shape index (κ2) is 6.71. The van der Waals surface area contributed by atoms with Crippen molar-refractivity contribution in [3.63, 3.8) is 0 Å². The van der Waals surface area contributed by atoms with E-state index in [1.54, 1.807) is 16.8 Å². The maximum absolute atomic E-state index is 12.3. The van der Waals surface area contributed by atoms with E-state index in [9.17, 15) is 4.79 Å². The lowest BCUT2D eigenvalue weighted by Crippen LogP contribution is -2.18. The van der Waals surface area contributed by atoms with E-state index in [4.69, 9.17) is 0 Å². The molecule has 3 rings (SSSR count). The summed E-state index contributed by atoms with van der Waals surface area (Å²) in [5.41, 5.74) is 7.57. The average molecular weight is 333 g/mol. The lowest BCUT2D eigenvalue weighted by Gasteiger charge is -2.00. The number of thiazole rings is 1. The van der Waals surface area contributed by atoms with Crippen LogP contribution in [0.1, 0.15) is 56.9 Å². The maximum atomic E-state index is 12.3. The van der Waals surface area contributed by atoms with Gasteiger partial charge in [-0.25, -0.2) is 10.4 Å². The van der Waals surface area contributed by atoms with E-state index in [0.717, 1.165) is 34.0 Å². The molecule has 0 unspecified atom stereocenters. The second-order valence-electron chi connectivity index (χ2n) is 5.52. The summed E-state index contributed by atoms with van der Waals surface area (Å²) in [5, 5.41) is 4.22. The predicted molar refractivity (Wildman–Crippen MR) is 92.1 cm³/mol. The van der Waals surface area contributed by atoms with Gasteiger partial charge in [-0.15, -0.1) is 22.7 Å². The van der Waals surface area contributed by atoms with Crippen molar-refractivity contribution in [2.45, 2.75) is 46.0 Å². The molecule has 0 bridgehead atoms. The van der Waals surface area contributed by atoms with E-state index in [-0.39, 0.29) is 5.91 Å². The minimum Gasteiger partial charge on any atom is -0.266 e. The van der Waals surface area contributed by atoms with E-state index in [1.165, 1.54) is 41.0 Å². The Morgan fingerprint density at radius 1 is 1.32 bits per heavy atom. The molecule has 1 aliphatic carbocycles. The molecule has 22 heavy (non-hydrogen) atoms. The first kappa shape index (κ1) is 15.4. The van der Waals surface area contributed by atoms with Crippen LogP contribution in [0.25, 0.3) is 0 Å². The number of fused-ring (bicyclic) bond motifs is 1. The highest BCUT2D eigenvalue weighted by Gasteiger charge is 2.16. The van der Waals surface area contributed by atoms with Gasteiger partial charge in [0.15, 0.2) is 0 Å². The SMILES string of the molecule is C/C(=N\NC(=O)c1cc2c(s1)CCCCC2)c1scnc1C. The number of carbonyl (C=O) groups is 1. The molecule has 2 heterocycles. The molecule has 4 nitrogen and oxygen atoms in total. The van der Waals surface area contributed by atoms with Crippen LogP contribution in [-0.4, -0.2) is 16.6 Å². The fourth-order valence-corrected chi connectivity index (χ4v) is 4.57. The topological polar surface area (TPSA) is 54.4 Å². The third-order valence-electron chi connectivity index (χ3n) is 3.87. The summed E-state index contributed by atoms with van der Waals surface area (Å²) in [5.74, 6) is -0.111. The maximum Gasteiger partial charge on any atom is 0.281 e. The molecule has 0 fully saturated rings. The Labute approximate surface area is 138 Å². The number of rotatable bonds is 3. The molecule has 2 aromatic heterocycles. The highest BCUT2D eigenvalue weighted by Crippen LogP contribution is 2.28. The average Bonchev–Trinajstić information content (AvgIpc) is 3.05. The van der Waals surface area contributed by atoms with Gasteiger partial charge in [-0.3, -0.25) is 4.79 Å². The number of aryl methyl sites for hydroxylation is 3. The Hall–Kier alpha value is -1.53. The van der Waals surface area contributed by atoms with Gasteiger partial charge in [0.2, 0.25) is 0 Å². The monoisotopic (exact) mass is 333 g/mol. The summed E-state index contributed by atoms with van der Waals surface area (Å²) in [7, 11) is 0. The number of amides is 1. The van der Waals surface area contributed by atoms with E-state index < -0.39 is 0 Å². The zero-order chi connectivity index (χ0) is 15.5. The van der Waals surface area contributed by atoms with Gasteiger partial charge in [-0.1, -0.05) is 6.42 Å². The Morgan fingerprint density at radius 3 is 2.91 bits per heavy atom. The van der Waals surface area contributed by atoms with Crippen molar-refractivity contribution in [2.24, 2.45) is 5.10 Å². The van der Waals surface area contributed by atoms with Crippen LogP contribution in [0, 0.1) is 6.92 Å². The molecule has 0 aliphatic heterocycles. The van der Waals surface area contributed by atoms with Crippen LogP contribution < -0.4 is 5.43 Å². The lowest BCUT2D eigenvalue weighted by molar-refractivity contribution is 0.0959. The first-order valence-electron chi connectivity index (χ1n) is 7.52. The minimum absolute atomic E-state index is 0.111. The zero-order valence-electron chi connectivity index (χ0n) is 12.8. The van der Waals surface area contributed by atoms with Gasteiger partial charge in [-0.05, 0) is 51.2 Å². The predicted octanol–water partition coefficient (Wildman–Crippen LogP) is 3.94. The molecular formula is C16H19N3OS2. The van der Waals surface area contributed by atoms with Crippen LogP contribution in [0.4, 0.5) is 0 Å². The zero-order valence-corrected chi connectivity index (χ0v) is 14.4. The molecular weight excluding hydrogens is 314 g/mol. The summed E-state index contributed by atoms with van der Waals surface area (Å²) in [4.78, 5) is 19.7. The first-order valence-corrected chi connectivity index (χ1v) is 9.21. The normalized spacial score (nSPS) is 15.3. The fraction of sp³-hybridized carbons (Fsp3) is 0.438. The molecule has 6 heteroatoms. The van der Waals surface area contributed by atoms with E-state index in [0.29, 0.717) is 0 Å². The van der Waals surface area contributed by atoms with E-state index in [1.807, 2.05) is 19.9 Å².